The summed E-state index contributed by atoms with van der Waals surface area (Å²) in [6.45, 7) is 0.547. The van der Waals surface area contributed by atoms with Gasteiger partial charge in [-0.05, 0) is 48.2 Å². The second kappa shape index (κ2) is 10.2. The third kappa shape index (κ3) is 5.03. The number of imidazole rings is 1. The molecule has 0 fully saturated rings. The van der Waals surface area contributed by atoms with Crippen LogP contribution < -0.4 is 14.8 Å². The first kappa shape index (κ1) is 21.7. The van der Waals surface area contributed by atoms with Gasteiger partial charge >= 0.3 is 0 Å². The van der Waals surface area contributed by atoms with Crippen molar-refractivity contribution in [2.24, 2.45) is 0 Å². The van der Waals surface area contributed by atoms with Crippen LogP contribution in [-0.2, 0) is 23.7 Å². The van der Waals surface area contributed by atoms with E-state index < -0.39 is 0 Å². The Hall–Kier alpha value is -3.52. The molecular weight excluding hydrogens is 424 g/mol. The number of para-hydroxylation sites is 2. The molecule has 2 aromatic carbocycles. The number of nitrogens with zero attached hydrogens (tertiary/aromatic N) is 3. The van der Waals surface area contributed by atoms with Crippen molar-refractivity contribution in [1.82, 2.24) is 14.5 Å². The summed E-state index contributed by atoms with van der Waals surface area (Å²) in [6.07, 6.45) is 5.46. The Balaban J connectivity index is 1.50. The number of ether oxygens (including phenoxy) is 2. The first-order chi connectivity index (χ1) is 15.7. The lowest BCUT2D eigenvalue weighted by molar-refractivity contribution is -0.116. The lowest BCUT2D eigenvalue weighted by Gasteiger charge is -2.14. The van der Waals surface area contributed by atoms with Crippen molar-refractivity contribution in [2.75, 3.05) is 18.7 Å². The minimum absolute atomic E-state index is 0.138. The van der Waals surface area contributed by atoms with Gasteiger partial charge in [0.25, 0.3) is 0 Å². The van der Waals surface area contributed by atoms with Crippen LogP contribution in [0.5, 0.6) is 11.5 Å². The van der Waals surface area contributed by atoms with Crippen LogP contribution in [0.25, 0.3) is 11.0 Å². The van der Waals surface area contributed by atoms with Crippen LogP contribution in [0.1, 0.15) is 11.4 Å². The first-order valence-corrected chi connectivity index (χ1v) is 11.5. The molecule has 32 heavy (non-hydrogen) atoms. The minimum Gasteiger partial charge on any atom is -0.493 e. The Morgan fingerprint density at radius 3 is 2.69 bits per heavy atom. The van der Waals surface area contributed by atoms with Gasteiger partial charge < -0.3 is 19.4 Å². The van der Waals surface area contributed by atoms with E-state index in [9.17, 15) is 4.79 Å². The van der Waals surface area contributed by atoms with E-state index in [1.165, 1.54) is 0 Å². The fourth-order valence-electron chi connectivity index (χ4n) is 3.39. The SMILES string of the molecule is COc1ccc(NC(=O)Cn2c(CSC)nc3ccccc32)cc1OCc1ccncc1. The second-order valence-corrected chi connectivity index (χ2v) is 7.96. The highest BCUT2D eigenvalue weighted by Gasteiger charge is 2.14. The van der Waals surface area contributed by atoms with Gasteiger partial charge in [0.05, 0.1) is 23.9 Å². The van der Waals surface area contributed by atoms with Crippen molar-refractivity contribution in [3.8, 4) is 11.5 Å². The monoisotopic (exact) mass is 448 g/mol. The number of fused-ring (bicyclic) bond motifs is 1. The van der Waals surface area contributed by atoms with Crippen molar-refractivity contribution in [3.63, 3.8) is 0 Å². The first-order valence-electron chi connectivity index (χ1n) is 10.1. The van der Waals surface area contributed by atoms with Crippen molar-refractivity contribution in [3.05, 3.63) is 78.4 Å². The van der Waals surface area contributed by atoms with E-state index >= 15 is 0 Å². The maximum atomic E-state index is 12.9. The lowest BCUT2D eigenvalue weighted by Crippen LogP contribution is -2.20. The number of benzene rings is 2. The molecule has 0 atom stereocenters. The van der Waals surface area contributed by atoms with Gasteiger partial charge in [-0.3, -0.25) is 9.78 Å². The predicted octanol–water partition coefficient (Wildman–Crippen LogP) is 4.52. The molecule has 8 heteroatoms. The highest BCUT2D eigenvalue weighted by molar-refractivity contribution is 7.97. The molecule has 1 amide bonds. The summed E-state index contributed by atoms with van der Waals surface area (Å²) < 4.78 is 13.3. The standard InChI is InChI=1S/C24H24N4O3S/c1-30-21-8-7-18(13-22(21)31-15-17-9-11-25-12-10-17)26-24(29)14-28-20-6-4-3-5-19(20)27-23(28)16-32-2/h3-13H,14-16H2,1-2H3,(H,26,29). The molecule has 0 spiro atoms. The van der Waals surface area contributed by atoms with Gasteiger partial charge in [0.1, 0.15) is 19.0 Å². The quantitative estimate of drug-likeness (QED) is 0.406. The van der Waals surface area contributed by atoms with Gasteiger partial charge in [-0.15, -0.1) is 0 Å². The summed E-state index contributed by atoms with van der Waals surface area (Å²) in [6, 6.07) is 17.0. The van der Waals surface area contributed by atoms with Crippen LogP contribution in [0.3, 0.4) is 0 Å². The molecule has 1 N–H and O–H groups in total. The summed E-state index contributed by atoms with van der Waals surface area (Å²) in [4.78, 5) is 21.6. The van der Waals surface area contributed by atoms with Crippen molar-refractivity contribution < 1.29 is 14.3 Å². The third-order valence-corrected chi connectivity index (χ3v) is 5.45. The average molecular weight is 449 g/mol. The molecule has 0 saturated carbocycles. The molecular formula is C24H24N4O3S. The van der Waals surface area contributed by atoms with E-state index in [2.05, 4.69) is 15.3 Å². The molecule has 0 aliphatic carbocycles. The van der Waals surface area contributed by atoms with E-state index in [-0.39, 0.29) is 12.5 Å². The Kier molecular flexibility index (Phi) is 6.91. The van der Waals surface area contributed by atoms with Crippen molar-refractivity contribution >= 4 is 34.4 Å². The van der Waals surface area contributed by atoms with Gasteiger partial charge in [-0.25, -0.2) is 4.98 Å². The van der Waals surface area contributed by atoms with Crippen LogP contribution >= 0.6 is 11.8 Å². The zero-order valence-electron chi connectivity index (χ0n) is 17.9. The Bertz CT molecular complexity index is 1210. The van der Waals surface area contributed by atoms with Crippen molar-refractivity contribution in [1.29, 1.82) is 0 Å². The van der Waals surface area contributed by atoms with Crippen LogP contribution in [0, 0.1) is 0 Å². The molecule has 0 bridgehead atoms. The average Bonchev–Trinajstić information content (AvgIpc) is 3.15. The molecule has 7 nitrogen and oxygen atoms in total. The topological polar surface area (TPSA) is 78.3 Å². The number of hydrogen-bond acceptors (Lipinski definition) is 6. The summed E-state index contributed by atoms with van der Waals surface area (Å²) >= 11 is 1.68. The summed E-state index contributed by atoms with van der Waals surface area (Å²) in [5, 5.41) is 2.96. The van der Waals surface area contributed by atoms with E-state index in [1.54, 1.807) is 49.5 Å². The number of nitrogens with one attached hydrogen (secondary N) is 1. The minimum atomic E-state index is -0.138. The molecule has 0 aliphatic heterocycles. The van der Waals surface area contributed by atoms with Crippen molar-refractivity contribution in [2.45, 2.75) is 18.9 Å². The van der Waals surface area contributed by atoms with E-state index in [1.807, 2.05) is 47.2 Å². The van der Waals surface area contributed by atoms with Crippen LogP contribution in [0.2, 0.25) is 0 Å². The third-order valence-electron chi connectivity index (χ3n) is 4.90. The summed E-state index contributed by atoms with van der Waals surface area (Å²) in [5.41, 5.74) is 3.46. The number of carbonyl (C=O) groups is 1. The zero-order valence-corrected chi connectivity index (χ0v) is 18.8. The Labute approximate surface area is 190 Å². The molecule has 2 heterocycles. The number of aromatic nitrogens is 3. The number of carbonyl (C=O) groups excluding carboxylic acids is 1. The number of anilines is 1. The maximum Gasteiger partial charge on any atom is 0.244 e. The molecule has 4 rings (SSSR count). The molecule has 164 valence electrons. The Morgan fingerprint density at radius 1 is 1.09 bits per heavy atom. The van der Waals surface area contributed by atoms with Gasteiger partial charge in [0.15, 0.2) is 11.5 Å². The predicted molar refractivity (Wildman–Crippen MR) is 127 cm³/mol. The molecule has 2 aromatic heterocycles. The highest BCUT2D eigenvalue weighted by atomic mass is 32.2. The molecule has 4 aromatic rings. The molecule has 0 radical (unpaired) electrons. The highest BCUT2D eigenvalue weighted by Crippen LogP contribution is 2.31. The number of methoxy groups -OCH3 is 1. The van der Waals surface area contributed by atoms with Gasteiger partial charge in [-0.2, -0.15) is 11.8 Å². The maximum absolute atomic E-state index is 12.9. The van der Waals surface area contributed by atoms with E-state index in [0.717, 1.165) is 28.2 Å². The number of hydrogen-bond donors (Lipinski definition) is 1. The summed E-state index contributed by atoms with van der Waals surface area (Å²) in [7, 11) is 1.59. The number of pyridine rings is 1. The molecule has 0 aliphatic rings. The second-order valence-electron chi connectivity index (χ2n) is 7.09. The van der Waals surface area contributed by atoms with Gasteiger partial charge in [-0.1, -0.05) is 12.1 Å². The molecule has 0 saturated heterocycles. The molecule has 0 unspecified atom stereocenters. The van der Waals surface area contributed by atoms with E-state index in [4.69, 9.17) is 9.47 Å². The summed E-state index contributed by atoms with van der Waals surface area (Å²) in [5.74, 6) is 2.63. The van der Waals surface area contributed by atoms with Crippen LogP contribution in [0.4, 0.5) is 5.69 Å². The number of thioether (sulfide) groups is 1. The largest absolute Gasteiger partial charge is 0.493 e. The Morgan fingerprint density at radius 2 is 1.91 bits per heavy atom. The van der Waals surface area contributed by atoms with Gasteiger partial charge in [0, 0.05) is 24.1 Å². The fraction of sp³-hybridized carbons (Fsp3) is 0.208. The van der Waals surface area contributed by atoms with Gasteiger partial charge in [0.2, 0.25) is 5.91 Å². The van der Waals surface area contributed by atoms with E-state index in [0.29, 0.717) is 23.8 Å². The van der Waals surface area contributed by atoms with Crippen LogP contribution in [-0.4, -0.2) is 33.8 Å². The van der Waals surface area contributed by atoms with Crippen LogP contribution in [0.15, 0.2) is 67.0 Å². The zero-order chi connectivity index (χ0) is 22.3. The number of amides is 1. The lowest BCUT2D eigenvalue weighted by atomic mass is 10.2. The fourth-order valence-corrected chi connectivity index (χ4v) is 3.87. The number of rotatable bonds is 9. The normalized spacial score (nSPS) is 10.8. The smallest absolute Gasteiger partial charge is 0.244 e.